The first-order valence-corrected chi connectivity index (χ1v) is 5.33. The van der Waals surface area contributed by atoms with Crippen molar-refractivity contribution in [1.29, 1.82) is 0 Å². The zero-order valence-electron chi connectivity index (χ0n) is 8.41. The molecule has 0 saturated carbocycles. The van der Waals surface area contributed by atoms with Gasteiger partial charge in [-0.05, 0) is 5.92 Å². The predicted octanol–water partition coefficient (Wildman–Crippen LogP) is 2.23. The average Bonchev–Trinajstić information content (AvgIpc) is 2.49. The van der Waals surface area contributed by atoms with E-state index in [0.717, 1.165) is 16.7 Å². The number of aromatic nitrogens is 1. The van der Waals surface area contributed by atoms with E-state index in [1.165, 1.54) is 6.42 Å². The lowest BCUT2D eigenvalue weighted by molar-refractivity contribution is -0.140. The van der Waals surface area contributed by atoms with Crippen molar-refractivity contribution in [1.82, 2.24) is 4.98 Å². The van der Waals surface area contributed by atoms with Crippen molar-refractivity contribution in [2.24, 2.45) is 11.7 Å². The van der Waals surface area contributed by atoms with Crippen LogP contribution < -0.4 is 5.73 Å². The molecule has 0 saturated heterocycles. The molecule has 1 amide bonds. The van der Waals surface area contributed by atoms with Crippen molar-refractivity contribution in [2.45, 2.75) is 19.5 Å². The molecule has 0 aromatic carbocycles. The molecule has 0 spiro atoms. The molecule has 1 heterocycles. The second-order valence-electron chi connectivity index (χ2n) is 3.38. The van der Waals surface area contributed by atoms with Crippen LogP contribution in [0.3, 0.4) is 0 Å². The Morgan fingerprint density at radius 2 is 2.31 bits per heavy atom. The van der Waals surface area contributed by atoms with E-state index >= 15 is 0 Å². The fourth-order valence-corrected chi connectivity index (χ4v) is 1.99. The van der Waals surface area contributed by atoms with Gasteiger partial charge in [0.15, 0.2) is 5.69 Å². The fraction of sp³-hybridized carbons (Fsp3) is 0.444. The lowest BCUT2D eigenvalue weighted by Crippen LogP contribution is -2.15. The molecule has 3 nitrogen and oxygen atoms in total. The molecule has 1 aromatic rings. The van der Waals surface area contributed by atoms with Crippen molar-refractivity contribution >= 4 is 17.2 Å². The third kappa shape index (κ3) is 3.80. The maximum atomic E-state index is 12.2. The van der Waals surface area contributed by atoms with Gasteiger partial charge >= 0.3 is 6.18 Å². The van der Waals surface area contributed by atoms with E-state index in [4.69, 9.17) is 5.73 Å². The summed E-state index contributed by atoms with van der Waals surface area (Å²) < 4.78 is 36.6. The number of hydrogen-bond acceptors (Lipinski definition) is 3. The number of halogens is 3. The first-order valence-electron chi connectivity index (χ1n) is 4.45. The number of rotatable bonds is 4. The summed E-state index contributed by atoms with van der Waals surface area (Å²) in [5, 5.41) is 1.20. The minimum absolute atomic E-state index is 0.0981. The van der Waals surface area contributed by atoms with Crippen LogP contribution in [0.5, 0.6) is 0 Å². The highest BCUT2D eigenvalue weighted by atomic mass is 32.1. The Morgan fingerprint density at radius 1 is 1.69 bits per heavy atom. The summed E-state index contributed by atoms with van der Waals surface area (Å²) >= 11 is 0.893. The highest BCUT2D eigenvalue weighted by Gasteiger charge is 2.33. The van der Waals surface area contributed by atoms with Crippen molar-refractivity contribution in [3.05, 3.63) is 22.5 Å². The predicted molar refractivity (Wildman–Crippen MR) is 53.5 cm³/mol. The van der Waals surface area contributed by atoms with Gasteiger partial charge in [-0.1, -0.05) is 6.92 Å². The van der Waals surface area contributed by atoms with E-state index in [9.17, 15) is 18.0 Å². The van der Waals surface area contributed by atoms with Crippen molar-refractivity contribution in [3.63, 3.8) is 0 Å². The van der Waals surface area contributed by atoms with Gasteiger partial charge in [-0.3, -0.25) is 4.79 Å². The molecule has 0 aliphatic heterocycles. The number of primary amides is 1. The van der Waals surface area contributed by atoms with Crippen LogP contribution in [0.4, 0.5) is 13.2 Å². The molecule has 89 valence electrons. The van der Waals surface area contributed by atoms with Gasteiger partial charge in [0, 0.05) is 18.2 Å². The van der Waals surface area contributed by atoms with Crippen LogP contribution in [0, 0.1) is 12.3 Å². The molecule has 0 unspecified atom stereocenters. The number of amides is 1. The molecular formula is C9H10F3N2OS. The fourth-order valence-electron chi connectivity index (χ4n) is 1.11. The summed E-state index contributed by atoms with van der Waals surface area (Å²) in [4.78, 5) is 14.0. The molecule has 0 aliphatic carbocycles. The van der Waals surface area contributed by atoms with Gasteiger partial charge in [-0.25, -0.2) is 4.98 Å². The number of nitrogens with two attached hydrogens (primary N) is 1. The van der Waals surface area contributed by atoms with Gasteiger partial charge in [0.1, 0.15) is 0 Å². The largest absolute Gasteiger partial charge is 0.434 e. The first kappa shape index (κ1) is 13.0. The number of hydrogen-bond donors (Lipinski definition) is 1. The molecular weight excluding hydrogens is 241 g/mol. The maximum absolute atomic E-state index is 12.2. The van der Waals surface area contributed by atoms with Crippen LogP contribution in [-0.2, 0) is 11.0 Å². The zero-order chi connectivity index (χ0) is 12.3. The van der Waals surface area contributed by atoms with Crippen LogP contribution >= 0.6 is 11.3 Å². The van der Waals surface area contributed by atoms with E-state index in [1.54, 1.807) is 6.92 Å². The molecule has 1 rings (SSSR count). The van der Waals surface area contributed by atoms with Crippen LogP contribution in [-0.4, -0.2) is 10.9 Å². The molecule has 0 bridgehead atoms. The highest BCUT2D eigenvalue weighted by molar-refractivity contribution is 7.09. The van der Waals surface area contributed by atoms with Gasteiger partial charge < -0.3 is 5.73 Å². The second kappa shape index (κ2) is 4.82. The molecule has 1 atom stereocenters. The Labute approximate surface area is 94.5 Å². The Hall–Kier alpha value is -1.11. The van der Waals surface area contributed by atoms with E-state index in [2.05, 4.69) is 4.98 Å². The van der Waals surface area contributed by atoms with E-state index in [0.29, 0.717) is 0 Å². The Kier molecular flexibility index (Phi) is 3.90. The van der Waals surface area contributed by atoms with Gasteiger partial charge in [-0.15, -0.1) is 11.3 Å². The molecule has 1 aromatic heterocycles. The summed E-state index contributed by atoms with van der Waals surface area (Å²) in [6.45, 7) is 1.69. The van der Waals surface area contributed by atoms with Gasteiger partial charge in [0.05, 0.1) is 5.01 Å². The van der Waals surface area contributed by atoms with Gasteiger partial charge in [-0.2, -0.15) is 13.2 Å². The van der Waals surface area contributed by atoms with Crippen LogP contribution in [0.2, 0.25) is 0 Å². The third-order valence-corrected chi connectivity index (χ3v) is 2.57. The summed E-state index contributed by atoms with van der Waals surface area (Å²) in [6.07, 6.45) is -2.82. The van der Waals surface area contributed by atoms with Crippen LogP contribution in [0.1, 0.15) is 24.0 Å². The summed E-state index contributed by atoms with van der Waals surface area (Å²) in [5.74, 6) is -0.707. The van der Waals surface area contributed by atoms with Crippen LogP contribution in [0.15, 0.2) is 5.38 Å². The second-order valence-corrected chi connectivity index (χ2v) is 4.27. The Morgan fingerprint density at radius 3 is 2.75 bits per heavy atom. The minimum atomic E-state index is -4.42. The standard InChI is InChI=1S/C9H10F3N2OS/c1-5(2-7(13)15)3-8-14-6(4-16-8)9(10,11)12/h3-5H,2H2,1H3,(H2,13,15)/t5-/m1/s1. The first-order chi connectivity index (χ1) is 7.29. The summed E-state index contributed by atoms with van der Waals surface area (Å²) in [6, 6.07) is 0. The van der Waals surface area contributed by atoms with Crippen molar-refractivity contribution < 1.29 is 18.0 Å². The summed E-state index contributed by atoms with van der Waals surface area (Å²) in [7, 11) is 0. The van der Waals surface area contributed by atoms with E-state index < -0.39 is 17.8 Å². The highest BCUT2D eigenvalue weighted by Crippen LogP contribution is 2.31. The van der Waals surface area contributed by atoms with Gasteiger partial charge in [0.25, 0.3) is 0 Å². The molecule has 2 N–H and O–H groups in total. The number of alkyl halides is 3. The van der Waals surface area contributed by atoms with Gasteiger partial charge in [0.2, 0.25) is 5.91 Å². The lowest BCUT2D eigenvalue weighted by Gasteiger charge is -2.05. The molecule has 1 radical (unpaired) electrons. The zero-order valence-corrected chi connectivity index (χ0v) is 9.23. The molecule has 0 aliphatic rings. The Balaban J connectivity index is 2.62. The lowest BCUT2D eigenvalue weighted by atomic mass is 10.0. The van der Waals surface area contributed by atoms with E-state index in [-0.39, 0.29) is 17.3 Å². The minimum Gasteiger partial charge on any atom is -0.370 e. The quantitative estimate of drug-likeness (QED) is 0.892. The molecule has 0 fully saturated rings. The Bertz CT molecular complexity index is 375. The number of carbonyl (C=O) groups excluding carboxylic acids is 1. The number of nitrogens with zero attached hydrogens (tertiary/aromatic N) is 1. The van der Waals surface area contributed by atoms with Crippen molar-refractivity contribution in [3.8, 4) is 0 Å². The molecule has 16 heavy (non-hydrogen) atoms. The molecule has 7 heteroatoms. The van der Waals surface area contributed by atoms with E-state index in [1.807, 2.05) is 0 Å². The number of carbonyl (C=O) groups is 1. The maximum Gasteiger partial charge on any atom is 0.434 e. The van der Waals surface area contributed by atoms with Crippen LogP contribution in [0.25, 0.3) is 0 Å². The number of thiazole rings is 1. The summed E-state index contributed by atoms with van der Waals surface area (Å²) in [5.41, 5.74) is 4.06. The monoisotopic (exact) mass is 251 g/mol. The average molecular weight is 251 g/mol. The normalized spacial score (nSPS) is 13.8. The SMILES string of the molecule is C[C@@H]([CH]c1nc(C(F)(F)F)cs1)CC(N)=O. The third-order valence-electron chi connectivity index (χ3n) is 1.76. The smallest absolute Gasteiger partial charge is 0.370 e. The van der Waals surface area contributed by atoms with Crippen molar-refractivity contribution in [2.75, 3.05) is 0 Å². The topological polar surface area (TPSA) is 56.0 Å².